The summed E-state index contributed by atoms with van der Waals surface area (Å²) >= 11 is 0. The molecule has 0 saturated heterocycles. The van der Waals surface area contributed by atoms with Gasteiger partial charge in [0.1, 0.15) is 0 Å². The third-order valence-corrected chi connectivity index (χ3v) is 4.38. The summed E-state index contributed by atoms with van der Waals surface area (Å²) in [6.45, 7) is 3.22. The minimum atomic E-state index is 0.342. The number of aromatic nitrogens is 2. The highest BCUT2D eigenvalue weighted by atomic mass is 16.5. The molecule has 0 aliphatic heterocycles. The van der Waals surface area contributed by atoms with Crippen LogP contribution in [0.15, 0.2) is 12.1 Å². The normalized spacial score (nSPS) is 16.9. The number of hydrogen-bond acceptors (Lipinski definition) is 4. The van der Waals surface area contributed by atoms with E-state index in [1.807, 2.05) is 12.1 Å². The molecule has 0 unspecified atom stereocenters. The molecule has 3 rings (SSSR count). The Bertz CT molecular complexity index is 644. The van der Waals surface area contributed by atoms with Gasteiger partial charge in [-0.05, 0) is 18.3 Å². The van der Waals surface area contributed by atoms with Crippen molar-refractivity contribution in [3.63, 3.8) is 0 Å². The van der Waals surface area contributed by atoms with Gasteiger partial charge in [0.15, 0.2) is 11.5 Å². The molecule has 0 bridgehead atoms. The van der Waals surface area contributed by atoms with Crippen LogP contribution >= 0.6 is 0 Å². The summed E-state index contributed by atoms with van der Waals surface area (Å²) in [6, 6.07) is 3.84. The second-order valence-corrected chi connectivity index (χ2v) is 5.92. The van der Waals surface area contributed by atoms with Crippen LogP contribution in [0.5, 0.6) is 11.5 Å². The van der Waals surface area contributed by atoms with Crippen LogP contribution in [0.4, 0.5) is 5.95 Å². The lowest BCUT2D eigenvalue weighted by Gasteiger charge is -2.38. The molecule has 1 aromatic heterocycles. The summed E-state index contributed by atoms with van der Waals surface area (Å²) in [4.78, 5) is 4.44. The number of nitrogens with zero attached hydrogens (tertiary/aromatic N) is 2. The zero-order chi connectivity index (χ0) is 14.3. The number of methoxy groups -OCH3 is 2. The molecule has 5 nitrogen and oxygen atoms in total. The van der Waals surface area contributed by atoms with E-state index in [9.17, 15) is 0 Å². The monoisotopic (exact) mass is 275 g/mol. The van der Waals surface area contributed by atoms with Crippen LogP contribution in [-0.2, 0) is 6.54 Å². The number of imidazole rings is 1. The van der Waals surface area contributed by atoms with Crippen LogP contribution in [0.3, 0.4) is 0 Å². The number of fused-ring (bicyclic) bond motifs is 1. The van der Waals surface area contributed by atoms with Crippen molar-refractivity contribution >= 4 is 17.0 Å². The molecule has 1 heterocycles. The van der Waals surface area contributed by atoms with Gasteiger partial charge in [-0.1, -0.05) is 13.3 Å². The van der Waals surface area contributed by atoms with Crippen molar-refractivity contribution in [2.24, 2.45) is 5.41 Å². The molecule has 1 fully saturated rings. The quantitative estimate of drug-likeness (QED) is 0.932. The maximum atomic E-state index is 6.09. The molecule has 1 aliphatic carbocycles. The van der Waals surface area contributed by atoms with Crippen molar-refractivity contribution in [1.29, 1.82) is 0 Å². The standard InChI is InChI=1S/C15H21N3O2/c1-15(5-4-6-15)9-18-11-8-13(20-3)12(19-2)7-10(11)17-14(18)16/h7-8H,4-6,9H2,1-3H3,(H2,16,17). The summed E-state index contributed by atoms with van der Waals surface area (Å²) in [5.74, 6) is 1.95. The predicted molar refractivity (Wildman–Crippen MR) is 79.2 cm³/mol. The van der Waals surface area contributed by atoms with E-state index in [-0.39, 0.29) is 0 Å². The van der Waals surface area contributed by atoms with Gasteiger partial charge in [-0.15, -0.1) is 0 Å². The smallest absolute Gasteiger partial charge is 0.201 e. The van der Waals surface area contributed by atoms with E-state index in [0.717, 1.165) is 17.6 Å². The fraction of sp³-hybridized carbons (Fsp3) is 0.533. The van der Waals surface area contributed by atoms with Crippen LogP contribution in [0.1, 0.15) is 26.2 Å². The highest BCUT2D eigenvalue weighted by Crippen LogP contribution is 2.43. The van der Waals surface area contributed by atoms with Crippen LogP contribution in [0.25, 0.3) is 11.0 Å². The summed E-state index contributed by atoms with van der Waals surface area (Å²) < 4.78 is 12.8. The number of nitrogen functional groups attached to an aromatic ring is 1. The first-order valence-corrected chi connectivity index (χ1v) is 6.94. The Labute approximate surface area is 118 Å². The Hall–Kier alpha value is -1.91. The summed E-state index contributed by atoms with van der Waals surface area (Å²) in [6.07, 6.45) is 3.80. The van der Waals surface area contributed by atoms with E-state index >= 15 is 0 Å². The Balaban J connectivity index is 2.09. The molecule has 0 spiro atoms. The van der Waals surface area contributed by atoms with Gasteiger partial charge < -0.3 is 19.8 Å². The molecule has 2 aromatic rings. The highest BCUT2D eigenvalue weighted by molar-refractivity contribution is 5.82. The van der Waals surface area contributed by atoms with Crippen LogP contribution in [0, 0.1) is 5.41 Å². The maximum Gasteiger partial charge on any atom is 0.201 e. The van der Waals surface area contributed by atoms with Gasteiger partial charge in [0.05, 0.1) is 25.3 Å². The van der Waals surface area contributed by atoms with Gasteiger partial charge in [0.2, 0.25) is 5.95 Å². The SMILES string of the molecule is COc1cc2nc(N)n(CC3(C)CCC3)c2cc1OC. The summed E-state index contributed by atoms with van der Waals surface area (Å²) in [5.41, 5.74) is 8.29. The lowest BCUT2D eigenvalue weighted by Crippen LogP contribution is -2.31. The Morgan fingerprint density at radius 1 is 1.25 bits per heavy atom. The molecule has 0 amide bonds. The van der Waals surface area contributed by atoms with Gasteiger partial charge in [-0.2, -0.15) is 0 Å². The first-order valence-electron chi connectivity index (χ1n) is 6.94. The fourth-order valence-electron chi connectivity index (χ4n) is 2.96. The van der Waals surface area contributed by atoms with Crippen LogP contribution in [-0.4, -0.2) is 23.8 Å². The van der Waals surface area contributed by atoms with Crippen LogP contribution < -0.4 is 15.2 Å². The zero-order valence-electron chi connectivity index (χ0n) is 12.3. The maximum absolute atomic E-state index is 6.09. The number of hydrogen-bond donors (Lipinski definition) is 1. The van der Waals surface area contributed by atoms with Gasteiger partial charge in [-0.25, -0.2) is 4.98 Å². The molecule has 1 saturated carbocycles. The van der Waals surface area contributed by atoms with Crippen molar-refractivity contribution in [3.05, 3.63) is 12.1 Å². The van der Waals surface area contributed by atoms with Gasteiger partial charge in [0.25, 0.3) is 0 Å². The number of rotatable bonds is 4. The van der Waals surface area contributed by atoms with E-state index in [4.69, 9.17) is 15.2 Å². The number of benzene rings is 1. The average molecular weight is 275 g/mol. The van der Waals surface area contributed by atoms with Gasteiger partial charge >= 0.3 is 0 Å². The topological polar surface area (TPSA) is 62.3 Å². The summed E-state index contributed by atoms with van der Waals surface area (Å²) in [7, 11) is 3.26. The molecule has 0 atom stereocenters. The molecule has 1 aliphatic rings. The van der Waals surface area contributed by atoms with E-state index in [2.05, 4.69) is 16.5 Å². The van der Waals surface area contributed by atoms with Crippen molar-refractivity contribution < 1.29 is 9.47 Å². The second-order valence-electron chi connectivity index (χ2n) is 5.92. The van der Waals surface area contributed by atoms with E-state index < -0.39 is 0 Å². The van der Waals surface area contributed by atoms with Crippen molar-refractivity contribution in [2.75, 3.05) is 20.0 Å². The predicted octanol–water partition coefficient (Wildman–Crippen LogP) is 2.83. The lowest BCUT2D eigenvalue weighted by molar-refractivity contribution is 0.135. The van der Waals surface area contributed by atoms with E-state index in [1.54, 1.807) is 14.2 Å². The fourth-order valence-corrected chi connectivity index (χ4v) is 2.96. The first kappa shape index (κ1) is 13.1. The molecular formula is C15H21N3O2. The largest absolute Gasteiger partial charge is 0.493 e. The molecule has 2 N–H and O–H groups in total. The third kappa shape index (κ3) is 1.97. The van der Waals surface area contributed by atoms with Crippen molar-refractivity contribution in [1.82, 2.24) is 9.55 Å². The van der Waals surface area contributed by atoms with Gasteiger partial charge in [-0.3, -0.25) is 0 Å². The first-order chi connectivity index (χ1) is 9.56. The average Bonchev–Trinajstić information content (AvgIpc) is 2.71. The molecular weight excluding hydrogens is 254 g/mol. The third-order valence-electron chi connectivity index (χ3n) is 4.38. The number of nitrogens with two attached hydrogens (primary N) is 1. The molecule has 0 radical (unpaired) electrons. The van der Waals surface area contributed by atoms with Crippen molar-refractivity contribution in [3.8, 4) is 11.5 Å². The summed E-state index contributed by atoms with van der Waals surface area (Å²) in [5, 5.41) is 0. The van der Waals surface area contributed by atoms with E-state index in [1.165, 1.54) is 19.3 Å². The molecule has 5 heteroatoms. The molecule has 108 valence electrons. The van der Waals surface area contributed by atoms with E-state index in [0.29, 0.717) is 22.9 Å². The van der Waals surface area contributed by atoms with Gasteiger partial charge in [0, 0.05) is 18.7 Å². The zero-order valence-corrected chi connectivity index (χ0v) is 12.3. The van der Waals surface area contributed by atoms with Crippen LogP contribution in [0.2, 0.25) is 0 Å². The molecule has 1 aromatic carbocycles. The Morgan fingerprint density at radius 2 is 1.90 bits per heavy atom. The molecule has 20 heavy (non-hydrogen) atoms. The Morgan fingerprint density at radius 3 is 2.45 bits per heavy atom. The minimum absolute atomic E-state index is 0.342. The second kappa shape index (κ2) is 4.58. The number of anilines is 1. The Kier molecular flexibility index (Phi) is 3.00. The highest BCUT2D eigenvalue weighted by Gasteiger charge is 2.33. The van der Waals surface area contributed by atoms with Crippen molar-refractivity contribution in [2.45, 2.75) is 32.7 Å². The number of ether oxygens (including phenoxy) is 2. The lowest BCUT2D eigenvalue weighted by atomic mass is 9.70. The minimum Gasteiger partial charge on any atom is -0.493 e.